The lowest BCUT2D eigenvalue weighted by Crippen LogP contribution is -2.65. The fourth-order valence-corrected chi connectivity index (χ4v) is 5.74. The zero-order valence-corrected chi connectivity index (χ0v) is 24.5. The van der Waals surface area contributed by atoms with Crippen LogP contribution in [0.15, 0.2) is 36.1 Å². The molecule has 4 rings (SSSR count). The van der Waals surface area contributed by atoms with Crippen molar-refractivity contribution in [2.75, 3.05) is 29.5 Å². The van der Waals surface area contributed by atoms with E-state index in [4.69, 9.17) is 21.3 Å². The lowest BCUT2D eigenvalue weighted by molar-refractivity contribution is -0.129. The van der Waals surface area contributed by atoms with Gasteiger partial charge in [0.1, 0.15) is 16.8 Å². The molecular formula is C27H34ClN5O5S. The summed E-state index contributed by atoms with van der Waals surface area (Å²) < 4.78 is 32.0. The number of pyridine rings is 1. The predicted molar refractivity (Wildman–Crippen MR) is 150 cm³/mol. The molecule has 0 atom stereocenters. The van der Waals surface area contributed by atoms with Crippen LogP contribution in [0, 0.1) is 6.92 Å². The van der Waals surface area contributed by atoms with Gasteiger partial charge in [0.25, 0.3) is 0 Å². The summed E-state index contributed by atoms with van der Waals surface area (Å²) >= 11 is 5.94. The Kier molecular flexibility index (Phi) is 7.70. The number of amides is 2. The third-order valence-electron chi connectivity index (χ3n) is 6.89. The number of fused-ring (bicyclic) bond motifs is 2. The number of hydrogen-bond donors (Lipinski definition) is 0. The number of sulfone groups is 1. The van der Waals surface area contributed by atoms with E-state index in [1.807, 2.05) is 13.0 Å². The largest absolute Gasteiger partial charge is 0.444 e. The highest BCUT2D eigenvalue weighted by Gasteiger charge is 2.60. The summed E-state index contributed by atoms with van der Waals surface area (Å²) in [5.41, 5.74) is 1.25. The molecule has 0 unspecified atom stereocenters. The molecule has 1 saturated heterocycles. The minimum Gasteiger partial charge on any atom is -0.444 e. The molecular weight excluding hydrogens is 542 g/mol. The molecule has 0 radical (unpaired) electrons. The molecule has 0 aliphatic carbocycles. The van der Waals surface area contributed by atoms with Gasteiger partial charge >= 0.3 is 6.09 Å². The Bertz CT molecular complexity index is 1450. The maximum Gasteiger partial charge on any atom is 0.410 e. The Morgan fingerprint density at radius 2 is 2.00 bits per heavy atom. The van der Waals surface area contributed by atoms with Crippen LogP contribution in [0.3, 0.4) is 0 Å². The number of aryl methyl sites for hydroxylation is 1. The van der Waals surface area contributed by atoms with Crippen molar-refractivity contribution in [3.05, 3.63) is 58.9 Å². The molecule has 210 valence electrons. The average Bonchev–Trinajstić information content (AvgIpc) is 3.25. The zero-order valence-electron chi connectivity index (χ0n) is 22.9. The van der Waals surface area contributed by atoms with Crippen molar-refractivity contribution >= 4 is 45.2 Å². The molecule has 2 aliphatic rings. The highest BCUT2D eigenvalue weighted by atomic mass is 35.5. The Morgan fingerprint density at radius 3 is 2.62 bits per heavy atom. The summed E-state index contributed by atoms with van der Waals surface area (Å²) in [7, 11) is -3.26. The molecule has 39 heavy (non-hydrogen) atoms. The highest BCUT2D eigenvalue weighted by Crippen LogP contribution is 2.47. The van der Waals surface area contributed by atoms with Gasteiger partial charge in [-0.2, -0.15) is 0 Å². The maximum atomic E-state index is 13.9. The molecule has 10 nitrogen and oxygen atoms in total. The monoisotopic (exact) mass is 575 g/mol. The SMILES string of the molecule is C=C(Cl)/C=C\c1c(C)nc(CN2C(=O)C3(CN(C(=O)OC(C)(C)C)C3)c3ccncc32)n1CCS(=O)(=O)CC. The van der Waals surface area contributed by atoms with Crippen LogP contribution in [0.4, 0.5) is 10.5 Å². The maximum absolute atomic E-state index is 13.9. The van der Waals surface area contributed by atoms with Crippen LogP contribution in [0.1, 0.15) is 50.5 Å². The number of anilines is 1. The first-order valence-corrected chi connectivity index (χ1v) is 14.9. The lowest BCUT2D eigenvalue weighted by atomic mass is 9.75. The van der Waals surface area contributed by atoms with Crippen molar-refractivity contribution in [2.24, 2.45) is 0 Å². The lowest BCUT2D eigenvalue weighted by Gasteiger charge is -2.46. The van der Waals surface area contributed by atoms with E-state index in [2.05, 4.69) is 11.6 Å². The first kappa shape index (κ1) is 28.8. The zero-order chi connectivity index (χ0) is 28.8. The third kappa shape index (κ3) is 5.74. The van der Waals surface area contributed by atoms with Gasteiger partial charge in [-0.15, -0.1) is 0 Å². The molecule has 0 N–H and O–H groups in total. The molecule has 2 amide bonds. The van der Waals surface area contributed by atoms with Crippen LogP contribution in [-0.4, -0.2) is 70.0 Å². The third-order valence-corrected chi connectivity index (χ3v) is 8.70. The molecule has 0 aromatic carbocycles. The number of aromatic nitrogens is 3. The van der Waals surface area contributed by atoms with E-state index in [0.29, 0.717) is 27.9 Å². The fraction of sp³-hybridized carbons (Fsp3) is 0.481. The number of nitrogens with zero attached hydrogens (tertiary/aromatic N) is 5. The molecule has 2 aromatic heterocycles. The molecule has 2 aromatic rings. The first-order valence-electron chi connectivity index (χ1n) is 12.7. The van der Waals surface area contributed by atoms with Crippen LogP contribution >= 0.6 is 11.6 Å². The number of ether oxygens (including phenoxy) is 1. The number of likely N-dealkylation sites (tertiary alicyclic amines) is 1. The van der Waals surface area contributed by atoms with Gasteiger partial charge in [-0.1, -0.05) is 25.1 Å². The van der Waals surface area contributed by atoms with E-state index in [9.17, 15) is 18.0 Å². The van der Waals surface area contributed by atoms with Gasteiger partial charge in [-0.05, 0) is 51.5 Å². The van der Waals surface area contributed by atoms with E-state index in [1.165, 1.54) is 4.90 Å². The topological polar surface area (TPSA) is 115 Å². The number of hydrogen-bond acceptors (Lipinski definition) is 7. The summed E-state index contributed by atoms with van der Waals surface area (Å²) in [6.07, 6.45) is 6.17. The summed E-state index contributed by atoms with van der Waals surface area (Å²) in [6.45, 7) is 13.2. The minimum absolute atomic E-state index is 0.0278. The Labute approximate surface area is 234 Å². The van der Waals surface area contributed by atoms with Crippen molar-refractivity contribution in [1.82, 2.24) is 19.4 Å². The molecule has 2 aliphatic heterocycles. The van der Waals surface area contributed by atoms with Gasteiger partial charge in [0, 0.05) is 36.6 Å². The van der Waals surface area contributed by atoms with E-state index < -0.39 is 26.9 Å². The second kappa shape index (κ2) is 10.4. The van der Waals surface area contributed by atoms with Crippen molar-refractivity contribution in [2.45, 2.75) is 58.7 Å². The standard InChI is InChI=1S/C27H34ClN5O5S/c1-7-39(36,37)13-12-32-21(9-8-18(2)28)19(3)30-23(32)15-33-22-14-29-11-10-20(22)27(24(33)34)16-31(17-27)25(35)38-26(4,5)6/h8-11,14H,2,7,12-13,15-17H2,1,3-6H3/b9-8-. The van der Waals surface area contributed by atoms with E-state index >= 15 is 0 Å². The number of rotatable bonds is 8. The Morgan fingerprint density at radius 1 is 1.31 bits per heavy atom. The van der Waals surface area contributed by atoms with Crippen LogP contribution < -0.4 is 4.90 Å². The summed E-state index contributed by atoms with van der Waals surface area (Å²) in [6, 6.07) is 1.81. The van der Waals surface area contributed by atoms with E-state index in [-0.39, 0.29) is 43.6 Å². The Balaban J connectivity index is 1.66. The molecule has 0 bridgehead atoms. The van der Waals surface area contributed by atoms with E-state index in [0.717, 1.165) is 5.56 Å². The molecule has 1 fully saturated rings. The van der Waals surface area contributed by atoms with Crippen LogP contribution in [-0.2, 0) is 37.9 Å². The summed E-state index contributed by atoms with van der Waals surface area (Å²) in [5, 5.41) is 0.320. The second-order valence-electron chi connectivity index (χ2n) is 10.9. The van der Waals surface area contributed by atoms with Crippen molar-refractivity contribution in [3.8, 4) is 0 Å². The number of allylic oxidation sites excluding steroid dienone is 2. The average molecular weight is 576 g/mol. The Hall–Kier alpha value is -3.18. The fourth-order valence-electron chi connectivity index (χ4n) is 4.92. The molecule has 1 spiro atoms. The van der Waals surface area contributed by atoms with Gasteiger partial charge in [0.2, 0.25) is 5.91 Å². The quantitative estimate of drug-likeness (QED) is 0.439. The number of imidazole rings is 1. The van der Waals surface area contributed by atoms with Crippen molar-refractivity contribution in [3.63, 3.8) is 0 Å². The van der Waals surface area contributed by atoms with Gasteiger partial charge in [-0.25, -0.2) is 18.2 Å². The van der Waals surface area contributed by atoms with Crippen LogP contribution in [0.2, 0.25) is 0 Å². The van der Waals surface area contributed by atoms with Crippen molar-refractivity contribution < 1.29 is 22.7 Å². The minimum atomic E-state index is -3.26. The van der Waals surface area contributed by atoms with Crippen LogP contribution in [0.5, 0.6) is 0 Å². The predicted octanol–water partition coefficient (Wildman–Crippen LogP) is 3.82. The van der Waals surface area contributed by atoms with Crippen molar-refractivity contribution in [1.29, 1.82) is 0 Å². The summed E-state index contributed by atoms with van der Waals surface area (Å²) in [5.74, 6) is 0.322. The molecule has 12 heteroatoms. The molecule has 4 heterocycles. The first-order chi connectivity index (χ1) is 18.2. The van der Waals surface area contributed by atoms with Gasteiger partial charge in [-0.3, -0.25) is 9.78 Å². The highest BCUT2D eigenvalue weighted by molar-refractivity contribution is 7.91. The van der Waals surface area contributed by atoms with Gasteiger partial charge in [0.05, 0.1) is 35.6 Å². The second-order valence-corrected chi connectivity index (χ2v) is 13.8. The van der Waals surface area contributed by atoms with Gasteiger partial charge < -0.3 is 19.1 Å². The molecule has 0 saturated carbocycles. The summed E-state index contributed by atoms with van der Waals surface area (Å²) in [4.78, 5) is 38.7. The smallest absolute Gasteiger partial charge is 0.410 e. The number of halogens is 1. The number of carbonyl (C=O) groups is 2. The van der Waals surface area contributed by atoms with E-state index in [1.54, 1.807) is 61.7 Å². The van der Waals surface area contributed by atoms with Crippen LogP contribution in [0.25, 0.3) is 6.08 Å². The normalized spacial score (nSPS) is 16.6. The number of carbonyl (C=O) groups excluding carboxylic acids is 2. The van der Waals surface area contributed by atoms with Gasteiger partial charge in [0.15, 0.2) is 9.84 Å².